The Hall–Kier alpha value is -4.24. The van der Waals surface area contributed by atoms with Gasteiger partial charge >= 0.3 is 18.5 Å². The standard InChI is InChI=1S/C36H45N6O13PS/c1-36(2,3)25(45)15-21(14-20-8-6-5-7-9-20)33(47)51-19-57-56(49,54-29-24(17-43)52-32(30(29)50-4)41-13-11-26(46)40-35(41)48)55-34-23(44)16-27(53-34)42-18-39-28-22(37)10-12-38-31(28)42/h5-13,18,21,23-24,27,29-30,32,34,43-44H,14-17,19H2,1-4H3,(H2,37,38)(H,40,46,48)/t21?,23?,24-,27-,29?,30+,32-,34-,56?/m1/s1. The van der Waals surface area contributed by atoms with E-state index in [0.717, 1.165) is 16.2 Å². The summed E-state index contributed by atoms with van der Waals surface area (Å²) in [5.41, 5.74) is 5.75. The summed E-state index contributed by atoms with van der Waals surface area (Å²) in [5.74, 6) is -2.39. The predicted molar refractivity (Wildman–Crippen MR) is 204 cm³/mol. The van der Waals surface area contributed by atoms with Gasteiger partial charge in [0.15, 0.2) is 18.2 Å². The molecule has 9 atom stereocenters. The van der Waals surface area contributed by atoms with E-state index < -0.39 is 91.1 Å². The second-order valence-electron chi connectivity index (χ2n) is 14.5. The number of carbonyl (C=O) groups excluding carboxylic acids is 2. The van der Waals surface area contributed by atoms with Gasteiger partial charge in [-0.1, -0.05) is 51.1 Å². The third-order valence-electron chi connectivity index (χ3n) is 9.54. The van der Waals surface area contributed by atoms with Crippen molar-refractivity contribution < 1.29 is 52.4 Å². The van der Waals surface area contributed by atoms with Crippen molar-refractivity contribution in [2.24, 2.45) is 11.3 Å². The Kier molecular flexibility index (Phi) is 13.2. The number of aliphatic hydroxyl groups excluding tert-OH is 2. The number of nitrogens with one attached hydrogen (secondary N) is 1. The third kappa shape index (κ3) is 9.73. The van der Waals surface area contributed by atoms with E-state index in [9.17, 15) is 34.0 Å². The van der Waals surface area contributed by atoms with Crippen molar-refractivity contribution in [2.45, 2.75) is 83.2 Å². The first-order chi connectivity index (χ1) is 27.1. The van der Waals surface area contributed by atoms with Gasteiger partial charge < -0.3 is 34.9 Å². The average Bonchev–Trinajstić information content (AvgIpc) is 3.86. The van der Waals surface area contributed by atoms with E-state index in [-0.39, 0.29) is 25.0 Å². The van der Waals surface area contributed by atoms with Crippen molar-refractivity contribution in [1.82, 2.24) is 24.1 Å². The van der Waals surface area contributed by atoms with Gasteiger partial charge in [-0.2, -0.15) is 0 Å². The Morgan fingerprint density at radius 3 is 2.53 bits per heavy atom. The molecule has 0 saturated carbocycles. The minimum atomic E-state index is -4.65. The summed E-state index contributed by atoms with van der Waals surface area (Å²) in [6.45, 7) is -0.0856. The van der Waals surface area contributed by atoms with E-state index in [4.69, 9.17) is 33.7 Å². The molecule has 5 heterocycles. The molecule has 0 aliphatic carbocycles. The number of pyridine rings is 1. The number of carbonyl (C=O) groups is 2. The Labute approximate surface area is 330 Å². The van der Waals surface area contributed by atoms with Crippen LogP contribution in [0.15, 0.2) is 70.8 Å². The number of nitrogens with two attached hydrogens (primary N) is 1. The zero-order chi connectivity index (χ0) is 41.1. The summed E-state index contributed by atoms with van der Waals surface area (Å²) in [6, 6.07) is 11.8. The van der Waals surface area contributed by atoms with E-state index in [2.05, 4.69) is 15.0 Å². The molecule has 2 aliphatic rings. The first-order valence-corrected chi connectivity index (χ1v) is 21.1. The van der Waals surface area contributed by atoms with Gasteiger partial charge in [0.05, 0.1) is 24.5 Å². The number of anilines is 1. The SMILES string of the molecule is CO[C@H]1C(OP(=O)(O[C@H]2O[C@@H](n3cnc4c(N)ccnc43)CC2O)SCOC(=O)C(CC(=O)C(C)(C)C)Cc2ccccc2)[C@@H](CO)O[C@H]1n1ccc(=O)[nH]c1=O. The number of aromatic amines is 1. The van der Waals surface area contributed by atoms with Crippen LogP contribution in [0, 0.1) is 11.3 Å². The van der Waals surface area contributed by atoms with E-state index >= 15 is 0 Å². The third-order valence-corrected chi connectivity index (χ3v) is 12.8. The average molecular weight is 833 g/mol. The molecule has 57 heavy (non-hydrogen) atoms. The van der Waals surface area contributed by atoms with Crippen LogP contribution >= 0.6 is 18.2 Å². The smallest absolute Gasteiger partial charge is 0.395 e. The Balaban J connectivity index is 1.25. The van der Waals surface area contributed by atoms with E-state index in [1.165, 1.54) is 30.4 Å². The van der Waals surface area contributed by atoms with Gasteiger partial charge in [-0.05, 0) is 18.1 Å². The van der Waals surface area contributed by atoms with Crippen molar-refractivity contribution >= 4 is 46.8 Å². The lowest BCUT2D eigenvalue weighted by atomic mass is 9.83. The van der Waals surface area contributed by atoms with Crippen molar-refractivity contribution in [3.63, 3.8) is 0 Å². The molecule has 4 aromatic rings. The molecule has 0 amide bonds. The first kappa shape index (κ1) is 42.4. The zero-order valence-corrected chi connectivity index (χ0v) is 33.2. The summed E-state index contributed by atoms with van der Waals surface area (Å²) in [5, 5.41) is 21.5. The molecule has 4 unspecified atom stereocenters. The largest absolute Gasteiger partial charge is 0.454 e. The summed E-state index contributed by atoms with van der Waals surface area (Å²) in [7, 11) is 1.27. The molecule has 2 saturated heterocycles. The number of aromatic nitrogens is 5. The maximum Gasteiger partial charge on any atom is 0.395 e. The van der Waals surface area contributed by atoms with Gasteiger partial charge in [0, 0.05) is 55.2 Å². The number of Topliss-reactive ketones (excluding diaryl/α,β-unsaturated/α-hetero) is 1. The molecule has 0 spiro atoms. The number of nitrogens with zero attached hydrogens (tertiary/aromatic N) is 4. The van der Waals surface area contributed by atoms with Gasteiger partial charge in [-0.3, -0.25) is 37.5 Å². The zero-order valence-electron chi connectivity index (χ0n) is 31.5. The fourth-order valence-corrected chi connectivity index (χ4v) is 9.37. The monoisotopic (exact) mass is 832 g/mol. The van der Waals surface area contributed by atoms with Crippen molar-refractivity contribution in [3.05, 3.63) is 87.6 Å². The summed E-state index contributed by atoms with van der Waals surface area (Å²) >= 11 is 0.442. The van der Waals surface area contributed by atoms with Crippen LogP contribution in [0.4, 0.5) is 5.69 Å². The number of rotatable bonds is 16. The van der Waals surface area contributed by atoms with Crippen LogP contribution in [0.2, 0.25) is 0 Å². The number of hydrogen-bond donors (Lipinski definition) is 4. The van der Waals surface area contributed by atoms with E-state index in [1.54, 1.807) is 26.8 Å². The van der Waals surface area contributed by atoms with Crippen LogP contribution in [0.5, 0.6) is 0 Å². The van der Waals surface area contributed by atoms with Gasteiger partial charge in [-0.15, -0.1) is 0 Å². The molecule has 0 bridgehead atoms. The van der Waals surface area contributed by atoms with Gasteiger partial charge in [0.25, 0.3) is 5.56 Å². The van der Waals surface area contributed by atoms with E-state index in [1.807, 2.05) is 30.3 Å². The minimum Gasteiger partial charge on any atom is -0.454 e. The summed E-state index contributed by atoms with van der Waals surface area (Å²) < 4.78 is 52.7. The molecular formula is C36H45N6O13PS. The number of methoxy groups -OCH3 is 1. The molecule has 2 fully saturated rings. The number of H-pyrrole nitrogens is 1. The molecule has 19 nitrogen and oxygen atoms in total. The van der Waals surface area contributed by atoms with E-state index in [0.29, 0.717) is 28.2 Å². The fraction of sp³-hybridized carbons (Fsp3) is 0.500. The van der Waals surface area contributed by atoms with Crippen LogP contribution in [0.1, 0.15) is 51.6 Å². The summed E-state index contributed by atoms with van der Waals surface area (Å²) in [6.07, 6.45) is -4.88. The molecule has 1 aromatic carbocycles. The second-order valence-corrected chi connectivity index (χ2v) is 18.5. The van der Waals surface area contributed by atoms with Crippen LogP contribution in [-0.4, -0.2) is 96.4 Å². The number of aliphatic hydroxyl groups is 2. The number of ether oxygens (including phenoxy) is 4. The molecule has 6 rings (SSSR count). The highest BCUT2D eigenvalue weighted by Crippen LogP contribution is 2.64. The minimum absolute atomic E-state index is 0.0566. The van der Waals surface area contributed by atoms with Crippen molar-refractivity contribution in [1.29, 1.82) is 0 Å². The topological polar surface area (TPSA) is 259 Å². The van der Waals surface area contributed by atoms with Gasteiger partial charge in [0.1, 0.15) is 47.9 Å². The predicted octanol–water partition coefficient (Wildman–Crippen LogP) is 2.68. The highest BCUT2D eigenvalue weighted by molar-refractivity contribution is 8.55. The lowest BCUT2D eigenvalue weighted by Gasteiger charge is -2.29. The molecule has 308 valence electrons. The lowest BCUT2D eigenvalue weighted by Crippen LogP contribution is -2.40. The quantitative estimate of drug-likeness (QED) is 0.0719. The fourth-order valence-electron chi connectivity index (χ4n) is 6.44. The lowest BCUT2D eigenvalue weighted by molar-refractivity contribution is -0.148. The normalized spacial score (nSPS) is 25.3. The van der Waals surface area contributed by atoms with Gasteiger partial charge in [-0.25, -0.2) is 19.3 Å². The highest BCUT2D eigenvalue weighted by Gasteiger charge is 2.52. The van der Waals surface area contributed by atoms with Crippen LogP contribution < -0.4 is 17.0 Å². The first-order valence-electron chi connectivity index (χ1n) is 18.0. The number of ketones is 1. The second kappa shape index (κ2) is 17.7. The Bertz CT molecular complexity index is 2210. The van der Waals surface area contributed by atoms with Crippen LogP contribution in [0.25, 0.3) is 11.2 Å². The molecule has 21 heteroatoms. The number of fused-ring (bicyclic) bond motifs is 1. The maximum absolute atomic E-state index is 14.9. The molecule has 3 aromatic heterocycles. The van der Waals surface area contributed by atoms with Crippen LogP contribution in [-0.2, 0) is 48.6 Å². The Morgan fingerprint density at radius 1 is 1.09 bits per heavy atom. The van der Waals surface area contributed by atoms with Crippen molar-refractivity contribution in [2.75, 3.05) is 25.4 Å². The number of benzene rings is 1. The number of hydrogen-bond acceptors (Lipinski definition) is 17. The highest BCUT2D eigenvalue weighted by atomic mass is 32.7. The Morgan fingerprint density at radius 2 is 1.84 bits per heavy atom. The molecule has 5 N–H and O–H groups in total. The summed E-state index contributed by atoms with van der Waals surface area (Å²) in [4.78, 5) is 61.9. The number of esters is 1. The number of imidazole rings is 1. The van der Waals surface area contributed by atoms with Crippen LogP contribution in [0.3, 0.4) is 0 Å². The van der Waals surface area contributed by atoms with Crippen molar-refractivity contribution in [3.8, 4) is 0 Å². The van der Waals surface area contributed by atoms with Gasteiger partial charge in [0.2, 0.25) is 0 Å². The molecule has 0 radical (unpaired) electrons. The number of nitrogen functional groups attached to an aromatic ring is 1. The molecular weight excluding hydrogens is 787 g/mol. The molecule has 2 aliphatic heterocycles. The maximum atomic E-state index is 14.9.